The van der Waals surface area contributed by atoms with Gasteiger partial charge in [0.1, 0.15) is 5.69 Å². The lowest BCUT2D eigenvalue weighted by Gasteiger charge is -2.47. The number of piperidine rings is 1. The number of hydrogen-bond donors (Lipinski definition) is 1. The first-order chi connectivity index (χ1) is 8.99. The Morgan fingerprint density at radius 3 is 2.16 bits per heavy atom. The van der Waals surface area contributed by atoms with E-state index in [9.17, 15) is 13.0 Å². The molecular weight excluding hydrogens is 270 g/mol. The van der Waals surface area contributed by atoms with Gasteiger partial charge in [0.05, 0.1) is 0 Å². The summed E-state index contributed by atoms with van der Waals surface area (Å²) < 4.78 is 38.9. The Balaban J connectivity index is 1.77. The number of nitrogen functional groups attached to an aromatic ring is 1. The zero-order valence-electron chi connectivity index (χ0n) is 10.5. The highest BCUT2D eigenvalue weighted by Gasteiger charge is 2.45. The second-order valence-electron chi connectivity index (χ2n) is 5.55. The molecule has 104 valence electrons. The summed E-state index contributed by atoms with van der Waals surface area (Å²) in [7, 11) is -0.680. The highest BCUT2D eigenvalue weighted by atomic mass is 32.2. The smallest absolute Gasteiger partial charge is 0.151 e. The van der Waals surface area contributed by atoms with Crippen LogP contribution in [0.5, 0.6) is 0 Å². The number of halogens is 2. The van der Waals surface area contributed by atoms with Gasteiger partial charge in [0, 0.05) is 41.1 Å². The Labute approximate surface area is 113 Å². The van der Waals surface area contributed by atoms with Crippen molar-refractivity contribution in [3.05, 3.63) is 23.8 Å². The lowest BCUT2D eigenvalue weighted by Crippen LogP contribution is -2.52. The van der Waals surface area contributed by atoms with Gasteiger partial charge in [0.25, 0.3) is 0 Å². The van der Waals surface area contributed by atoms with Crippen molar-refractivity contribution in [2.45, 2.75) is 12.8 Å². The SMILES string of the molecule is Nc1cc(F)c(N2CCC3(CC2)CS(=O)C3)c(F)c1. The zero-order chi connectivity index (χ0) is 13.6. The first-order valence-electron chi connectivity index (χ1n) is 6.34. The van der Waals surface area contributed by atoms with E-state index in [4.69, 9.17) is 5.73 Å². The third kappa shape index (κ3) is 2.22. The highest BCUT2D eigenvalue weighted by Crippen LogP contribution is 2.42. The fourth-order valence-corrected chi connectivity index (χ4v) is 4.88. The van der Waals surface area contributed by atoms with E-state index in [0.717, 1.165) is 36.5 Å². The minimum Gasteiger partial charge on any atom is -0.399 e. The molecule has 2 aliphatic rings. The van der Waals surface area contributed by atoms with Crippen LogP contribution in [0.25, 0.3) is 0 Å². The maximum atomic E-state index is 13.8. The summed E-state index contributed by atoms with van der Waals surface area (Å²) in [5, 5.41) is 0. The molecule has 19 heavy (non-hydrogen) atoms. The van der Waals surface area contributed by atoms with E-state index in [1.54, 1.807) is 4.90 Å². The number of benzene rings is 1. The van der Waals surface area contributed by atoms with Crippen LogP contribution >= 0.6 is 0 Å². The Bertz CT molecular complexity index is 508. The zero-order valence-corrected chi connectivity index (χ0v) is 11.3. The third-order valence-electron chi connectivity index (χ3n) is 4.11. The molecule has 3 rings (SSSR count). The Morgan fingerprint density at radius 1 is 1.16 bits per heavy atom. The predicted molar refractivity (Wildman–Crippen MR) is 72.5 cm³/mol. The van der Waals surface area contributed by atoms with Gasteiger partial charge >= 0.3 is 0 Å². The average Bonchev–Trinajstić information content (AvgIpc) is 2.28. The molecule has 2 heterocycles. The second kappa shape index (κ2) is 4.44. The van der Waals surface area contributed by atoms with Gasteiger partial charge in [-0.1, -0.05) is 0 Å². The molecule has 2 saturated heterocycles. The molecule has 0 bridgehead atoms. The van der Waals surface area contributed by atoms with E-state index in [2.05, 4.69) is 0 Å². The molecule has 2 N–H and O–H groups in total. The predicted octanol–water partition coefficient (Wildman–Crippen LogP) is 1.90. The molecule has 0 unspecified atom stereocenters. The van der Waals surface area contributed by atoms with Crippen LogP contribution in [-0.2, 0) is 10.8 Å². The Kier molecular flexibility index (Phi) is 3.00. The molecule has 2 fully saturated rings. The minimum absolute atomic E-state index is 0.0181. The molecule has 1 aromatic carbocycles. The second-order valence-corrected chi connectivity index (χ2v) is 7.01. The molecule has 0 aliphatic carbocycles. The van der Waals surface area contributed by atoms with Crippen LogP contribution in [0.2, 0.25) is 0 Å². The average molecular weight is 286 g/mol. The number of nitrogens with two attached hydrogens (primary N) is 1. The van der Waals surface area contributed by atoms with Crippen molar-refractivity contribution in [1.29, 1.82) is 0 Å². The first kappa shape index (κ1) is 12.8. The van der Waals surface area contributed by atoms with E-state index in [1.807, 2.05) is 0 Å². The van der Waals surface area contributed by atoms with Gasteiger partial charge in [-0.15, -0.1) is 0 Å². The van der Waals surface area contributed by atoms with Crippen molar-refractivity contribution in [3.63, 3.8) is 0 Å². The molecule has 0 radical (unpaired) electrons. The summed E-state index contributed by atoms with van der Waals surface area (Å²) in [5.41, 5.74) is 5.69. The quantitative estimate of drug-likeness (QED) is 0.802. The standard InChI is InChI=1S/C13H16F2N2OS/c14-10-5-9(16)6-11(15)12(10)17-3-1-13(2-4-17)7-19(18)8-13/h5-6H,1-4,7-8,16H2. The van der Waals surface area contributed by atoms with Crippen LogP contribution in [0.1, 0.15) is 12.8 Å². The van der Waals surface area contributed by atoms with Gasteiger partial charge in [-0.05, 0) is 30.4 Å². The van der Waals surface area contributed by atoms with Crippen LogP contribution in [0, 0.1) is 17.0 Å². The van der Waals surface area contributed by atoms with E-state index >= 15 is 0 Å². The van der Waals surface area contributed by atoms with E-state index in [1.165, 1.54) is 0 Å². The van der Waals surface area contributed by atoms with Crippen molar-refractivity contribution >= 4 is 22.2 Å². The fraction of sp³-hybridized carbons (Fsp3) is 0.538. The van der Waals surface area contributed by atoms with Crippen LogP contribution in [-0.4, -0.2) is 28.8 Å². The largest absolute Gasteiger partial charge is 0.399 e. The van der Waals surface area contributed by atoms with Crippen LogP contribution in [0.3, 0.4) is 0 Å². The summed E-state index contributed by atoms with van der Waals surface area (Å²) in [6.07, 6.45) is 1.70. The van der Waals surface area contributed by atoms with Crippen molar-refractivity contribution in [2.24, 2.45) is 5.41 Å². The van der Waals surface area contributed by atoms with Gasteiger partial charge in [-0.25, -0.2) is 8.78 Å². The third-order valence-corrected chi connectivity index (χ3v) is 5.98. The molecule has 0 amide bonds. The summed E-state index contributed by atoms with van der Waals surface area (Å²) in [5.74, 6) is 0.275. The molecule has 0 aromatic heterocycles. The number of anilines is 2. The monoisotopic (exact) mass is 286 g/mol. The minimum atomic E-state index is -0.680. The van der Waals surface area contributed by atoms with Crippen molar-refractivity contribution in [1.82, 2.24) is 0 Å². The highest BCUT2D eigenvalue weighted by molar-refractivity contribution is 7.86. The maximum Gasteiger partial charge on any atom is 0.151 e. The summed E-state index contributed by atoms with van der Waals surface area (Å²) in [6.45, 7) is 1.21. The Hall–Kier alpha value is -1.17. The van der Waals surface area contributed by atoms with Gasteiger partial charge in [-0.2, -0.15) is 0 Å². The summed E-state index contributed by atoms with van der Waals surface area (Å²) >= 11 is 0. The molecule has 0 saturated carbocycles. The number of nitrogens with zero attached hydrogens (tertiary/aromatic N) is 1. The van der Waals surface area contributed by atoms with E-state index in [0.29, 0.717) is 13.1 Å². The maximum absolute atomic E-state index is 13.8. The van der Waals surface area contributed by atoms with Crippen LogP contribution < -0.4 is 10.6 Å². The van der Waals surface area contributed by atoms with Gasteiger partial charge in [0.15, 0.2) is 11.6 Å². The van der Waals surface area contributed by atoms with Gasteiger partial charge in [-0.3, -0.25) is 4.21 Å². The molecular formula is C13H16F2N2OS. The van der Waals surface area contributed by atoms with Crippen LogP contribution in [0.15, 0.2) is 12.1 Å². The normalized spacial score (nSPS) is 22.5. The summed E-state index contributed by atoms with van der Waals surface area (Å²) in [4.78, 5) is 1.73. The Morgan fingerprint density at radius 2 is 1.68 bits per heavy atom. The van der Waals surface area contributed by atoms with Crippen molar-refractivity contribution < 1.29 is 13.0 Å². The van der Waals surface area contributed by atoms with E-state index in [-0.39, 0.29) is 16.8 Å². The molecule has 6 heteroatoms. The summed E-state index contributed by atoms with van der Waals surface area (Å²) in [6, 6.07) is 2.31. The topological polar surface area (TPSA) is 46.3 Å². The molecule has 1 spiro atoms. The van der Waals surface area contributed by atoms with Crippen LogP contribution in [0.4, 0.5) is 20.2 Å². The van der Waals surface area contributed by atoms with E-state index < -0.39 is 22.4 Å². The van der Waals surface area contributed by atoms with Gasteiger partial charge in [0.2, 0.25) is 0 Å². The van der Waals surface area contributed by atoms with Crippen molar-refractivity contribution in [2.75, 3.05) is 35.2 Å². The molecule has 1 aromatic rings. The molecule has 0 atom stereocenters. The van der Waals surface area contributed by atoms with Gasteiger partial charge < -0.3 is 10.6 Å². The van der Waals surface area contributed by atoms with Crippen molar-refractivity contribution in [3.8, 4) is 0 Å². The molecule has 3 nitrogen and oxygen atoms in total. The number of rotatable bonds is 1. The fourth-order valence-electron chi connectivity index (χ4n) is 3.02. The lowest BCUT2D eigenvalue weighted by atomic mass is 9.81. The molecule has 2 aliphatic heterocycles. The number of hydrogen-bond acceptors (Lipinski definition) is 3. The lowest BCUT2D eigenvalue weighted by molar-refractivity contribution is 0.266. The first-order valence-corrected chi connectivity index (χ1v) is 7.82.